The van der Waals surface area contributed by atoms with Gasteiger partial charge in [0.25, 0.3) is 0 Å². The maximum absolute atomic E-state index is 2.46. The molecule has 3 atom stereocenters. The van der Waals surface area contributed by atoms with E-state index in [-0.39, 0.29) is 14.9 Å². The topological polar surface area (TPSA) is 0 Å². The lowest BCUT2D eigenvalue weighted by Crippen LogP contribution is -2.07. The third-order valence-electron chi connectivity index (χ3n) is 5.82. The van der Waals surface area contributed by atoms with Crippen molar-refractivity contribution in [2.75, 3.05) is 12.3 Å². The summed E-state index contributed by atoms with van der Waals surface area (Å²) >= 11 is 0. The minimum absolute atomic E-state index is 0.0709. The molecule has 0 aromatic heterocycles. The van der Waals surface area contributed by atoms with Gasteiger partial charge in [-0.25, -0.2) is 0 Å². The Labute approximate surface area is 187 Å². The van der Waals surface area contributed by atoms with Crippen LogP contribution in [0.4, 0.5) is 0 Å². The lowest BCUT2D eigenvalue weighted by molar-refractivity contribution is 0.605. The van der Waals surface area contributed by atoms with E-state index in [2.05, 4.69) is 84.9 Å². The maximum atomic E-state index is 2.46. The van der Waals surface area contributed by atoms with Crippen LogP contribution in [0.5, 0.6) is 0 Å². The summed E-state index contributed by atoms with van der Waals surface area (Å²) in [6.07, 6.45) is 12.9. The first kappa shape index (κ1) is 22.2. The third-order valence-corrected chi connectivity index (χ3v) is 18.8. The van der Waals surface area contributed by atoms with Gasteiger partial charge in [0, 0.05) is 0 Å². The molecule has 1 aliphatic rings. The first-order valence-electron chi connectivity index (χ1n) is 11.4. The molecule has 30 heavy (non-hydrogen) atoms. The summed E-state index contributed by atoms with van der Waals surface area (Å²) < 4.78 is 0. The van der Waals surface area contributed by atoms with E-state index in [1.165, 1.54) is 68.4 Å². The molecule has 3 aromatic carbocycles. The second-order valence-electron chi connectivity index (χ2n) is 8.07. The van der Waals surface area contributed by atoms with Gasteiger partial charge in [-0.15, -0.1) is 0 Å². The fourth-order valence-corrected chi connectivity index (χ4v) is 17.9. The van der Waals surface area contributed by atoms with Crippen molar-refractivity contribution in [3.8, 4) is 11.1 Å². The Balaban J connectivity index is 1.62. The van der Waals surface area contributed by atoms with Crippen molar-refractivity contribution in [2.45, 2.75) is 44.9 Å². The van der Waals surface area contributed by atoms with Gasteiger partial charge in [-0.1, -0.05) is 125 Å². The standard InChI is InChI=1S/C27H33P3/c1-2-4-12-22-28-30(27-16-10-7-11-17-27)29(23-13-5-3-1)26-20-18-25(19-21-26)24-14-8-6-9-15-24/h6-11,14-21,28H,1-5,12-13,22-23H2. The molecule has 3 aromatic rings. The summed E-state index contributed by atoms with van der Waals surface area (Å²) in [7, 11) is 0.941. The van der Waals surface area contributed by atoms with E-state index in [4.69, 9.17) is 0 Å². The fourth-order valence-electron chi connectivity index (χ4n) is 4.14. The summed E-state index contributed by atoms with van der Waals surface area (Å²) in [5, 5.41) is 3.27. The molecule has 1 saturated heterocycles. The zero-order valence-electron chi connectivity index (χ0n) is 17.8. The molecule has 1 fully saturated rings. The van der Waals surface area contributed by atoms with E-state index < -0.39 is 0 Å². The highest BCUT2D eigenvalue weighted by atomic mass is 32.5. The minimum Gasteiger partial charge on any atom is -0.0866 e. The molecule has 156 valence electrons. The molecule has 4 rings (SSSR count). The second-order valence-corrected chi connectivity index (χ2v) is 17.9. The van der Waals surface area contributed by atoms with Crippen LogP contribution in [0.1, 0.15) is 44.9 Å². The van der Waals surface area contributed by atoms with E-state index in [9.17, 15) is 0 Å². The van der Waals surface area contributed by atoms with Crippen molar-refractivity contribution in [3.63, 3.8) is 0 Å². The number of benzene rings is 3. The molecule has 0 radical (unpaired) electrons. The van der Waals surface area contributed by atoms with Crippen LogP contribution in [-0.2, 0) is 0 Å². The van der Waals surface area contributed by atoms with Gasteiger partial charge < -0.3 is 0 Å². The van der Waals surface area contributed by atoms with Crippen LogP contribution in [0.3, 0.4) is 0 Å². The first-order valence-corrected chi connectivity index (χ1v) is 17.1. The highest BCUT2D eigenvalue weighted by Gasteiger charge is 2.24. The third kappa shape index (κ3) is 6.24. The molecule has 0 saturated carbocycles. The first-order chi connectivity index (χ1) is 14.9. The van der Waals surface area contributed by atoms with E-state index in [1.54, 1.807) is 10.6 Å². The highest BCUT2D eigenvalue weighted by molar-refractivity contribution is 8.60. The molecule has 0 nitrogen and oxygen atoms in total. The molecular formula is C27H33P3. The SMILES string of the molecule is c1ccc(-c2ccc(P3CCCCCCCCCPP3c3ccccc3)cc2)cc1. The number of hydrogen-bond acceptors (Lipinski definition) is 0. The predicted molar refractivity (Wildman–Crippen MR) is 142 cm³/mol. The van der Waals surface area contributed by atoms with Crippen LogP contribution in [0.2, 0.25) is 0 Å². The average Bonchev–Trinajstić information content (AvgIpc) is 2.81. The summed E-state index contributed by atoms with van der Waals surface area (Å²) in [6, 6.07) is 32.0. The monoisotopic (exact) mass is 450 g/mol. The Bertz CT molecular complexity index is 862. The number of hydrogen-bond donors (Lipinski definition) is 0. The van der Waals surface area contributed by atoms with Crippen LogP contribution in [0.15, 0.2) is 84.9 Å². The van der Waals surface area contributed by atoms with Gasteiger partial charge in [0.1, 0.15) is 0 Å². The zero-order valence-corrected chi connectivity index (χ0v) is 20.6. The maximum Gasteiger partial charge on any atom is -0.0153 e. The number of rotatable bonds is 3. The summed E-state index contributed by atoms with van der Waals surface area (Å²) in [4.78, 5) is 0. The van der Waals surface area contributed by atoms with Crippen molar-refractivity contribution >= 4 is 33.8 Å². The lowest BCUT2D eigenvalue weighted by Gasteiger charge is -2.30. The Morgan fingerprint density at radius 3 is 1.77 bits per heavy atom. The van der Waals surface area contributed by atoms with E-state index in [0.29, 0.717) is 0 Å². The molecule has 1 heterocycles. The normalized spacial score (nSPS) is 22.1. The molecule has 1 aliphatic heterocycles. The van der Waals surface area contributed by atoms with E-state index in [0.717, 1.165) is 8.27 Å². The van der Waals surface area contributed by atoms with Gasteiger partial charge in [-0.05, 0) is 61.8 Å². The Hall–Kier alpha value is -1.05. The zero-order chi connectivity index (χ0) is 20.4. The van der Waals surface area contributed by atoms with Gasteiger partial charge in [0.15, 0.2) is 0 Å². The van der Waals surface area contributed by atoms with Gasteiger partial charge in [-0.3, -0.25) is 0 Å². The van der Waals surface area contributed by atoms with Crippen molar-refractivity contribution in [1.29, 1.82) is 0 Å². The van der Waals surface area contributed by atoms with Crippen LogP contribution < -0.4 is 10.6 Å². The predicted octanol–water partition coefficient (Wildman–Crippen LogP) is 8.52. The molecule has 0 aliphatic carbocycles. The van der Waals surface area contributed by atoms with Crippen molar-refractivity contribution in [2.24, 2.45) is 0 Å². The molecule has 0 spiro atoms. The highest BCUT2D eigenvalue weighted by Crippen LogP contribution is 2.77. The van der Waals surface area contributed by atoms with E-state index >= 15 is 0 Å². The lowest BCUT2D eigenvalue weighted by atomic mass is 10.1. The van der Waals surface area contributed by atoms with Crippen LogP contribution in [-0.4, -0.2) is 12.3 Å². The molecule has 0 bridgehead atoms. The summed E-state index contributed by atoms with van der Waals surface area (Å²) in [5.41, 5.74) is 2.66. The Kier molecular flexibility index (Phi) is 8.94. The fraction of sp³-hybridized carbons (Fsp3) is 0.333. The van der Waals surface area contributed by atoms with Gasteiger partial charge in [-0.2, -0.15) is 0 Å². The molecule has 3 heteroatoms. The summed E-state index contributed by atoms with van der Waals surface area (Å²) in [5.74, 6) is 0. The van der Waals surface area contributed by atoms with Crippen molar-refractivity contribution in [1.82, 2.24) is 0 Å². The average molecular weight is 450 g/mol. The second kappa shape index (κ2) is 12.1. The van der Waals surface area contributed by atoms with Crippen LogP contribution in [0, 0.1) is 0 Å². The Morgan fingerprint density at radius 1 is 0.500 bits per heavy atom. The van der Waals surface area contributed by atoms with Crippen molar-refractivity contribution < 1.29 is 0 Å². The molecular weight excluding hydrogens is 417 g/mol. The van der Waals surface area contributed by atoms with Gasteiger partial charge in [0.05, 0.1) is 0 Å². The van der Waals surface area contributed by atoms with Crippen LogP contribution >= 0.6 is 23.2 Å². The molecule has 0 amide bonds. The van der Waals surface area contributed by atoms with Crippen LogP contribution in [0.25, 0.3) is 11.1 Å². The smallest absolute Gasteiger partial charge is 0.0153 e. The van der Waals surface area contributed by atoms with Gasteiger partial charge >= 0.3 is 0 Å². The quantitative estimate of drug-likeness (QED) is 0.351. The summed E-state index contributed by atoms with van der Waals surface area (Å²) in [6.45, 7) is 0. The minimum atomic E-state index is -0.104. The molecule has 3 unspecified atom stereocenters. The van der Waals surface area contributed by atoms with E-state index in [1.807, 2.05) is 0 Å². The van der Waals surface area contributed by atoms with Gasteiger partial charge in [0.2, 0.25) is 0 Å². The largest absolute Gasteiger partial charge is 0.0866 e. The van der Waals surface area contributed by atoms with Crippen molar-refractivity contribution in [3.05, 3.63) is 84.9 Å². The Morgan fingerprint density at radius 2 is 1.07 bits per heavy atom. The molecule has 0 N–H and O–H groups in total.